The predicted octanol–water partition coefficient (Wildman–Crippen LogP) is 4.25. The first-order chi connectivity index (χ1) is 17.8. The van der Waals surface area contributed by atoms with Crippen LogP contribution in [0.2, 0.25) is 0 Å². The van der Waals surface area contributed by atoms with Crippen molar-refractivity contribution in [1.29, 1.82) is 0 Å². The normalized spacial score (nSPS) is 13.1. The van der Waals surface area contributed by atoms with Crippen LogP contribution >= 0.6 is 11.6 Å². The first kappa shape index (κ1) is 25.7. The molecule has 1 aliphatic heterocycles. The number of ether oxygens (including phenoxy) is 2. The number of nitrogens with zero attached hydrogens (tertiary/aromatic N) is 1. The molecule has 4 rings (SSSR count). The van der Waals surface area contributed by atoms with E-state index in [0.717, 1.165) is 11.6 Å². The number of carbonyl (C=O) groups excluding carboxylic acids is 3. The lowest BCUT2D eigenvalue weighted by Crippen LogP contribution is -2.33. The number of benzene rings is 3. The molecule has 0 fully saturated rings. The van der Waals surface area contributed by atoms with E-state index in [1.54, 1.807) is 38.5 Å². The van der Waals surface area contributed by atoms with Gasteiger partial charge in [0.05, 0.1) is 19.9 Å². The highest BCUT2D eigenvalue weighted by Crippen LogP contribution is 2.31. The van der Waals surface area contributed by atoms with Crippen molar-refractivity contribution in [3.05, 3.63) is 94.4 Å². The second-order valence-electron chi connectivity index (χ2n) is 7.98. The molecule has 10 heteroatoms. The lowest BCUT2D eigenvalue weighted by Gasteiger charge is -2.15. The van der Waals surface area contributed by atoms with Gasteiger partial charge in [-0.25, -0.2) is 9.29 Å². The summed E-state index contributed by atoms with van der Waals surface area (Å²) < 4.78 is 24.7. The molecule has 0 atom stereocenters. The maximum absolute atomic E-state index is 14.2. The molecule has 3 aromatic carbocycles. The predicted molar refractivity (Wildman–Crippen MR) is 137 cm³/mol. The fourth-order valence-corrected chi connectivity index (χ4v) is 3.98. The number of halogens is 2. The number of carbonyl (C=O) groups is 3. The molecule has 2 N–H and O–H groups in total. The summed E-state index contributed by atoms with van der Waals surface area (Å²) in [6.45, 7) is 0.402. The van der Waals surface area contributed by atoms with E-state index in [9.17, 15) is 18.8 Å². The molecular weight excluding hydrogens is 501 g/mol. The number of nitrogens with one attached hydrogen (secondary N) is 2. The van der Waals surface area contributed by atoms with Crippen LogP contribution < -0.4 is 25.0 Å². The van der Waals surface area contributed by atoms with Crippen LogP contribution in [0.4, 0.5) is 15.8 Å². The Morgan fingerprint density at radius 3 is 2.32 bits per heavy atom. The highest BCUT2D eigenvalue weighted by molar-refractivity contribution is 6.53. The Bertz CT molecular complexity index is 1390. The average Bonchev–Trinajstić information content (AvgIpc) is 3.12. The summed E-state index contributed by atoms with van der Waals surface area (Å²) in [4.78, 5) is 38.6. The molecule has 37 heavy (non-hydrogen) atoms. The van der Waals surface area contributed by atoms with Crippen molar-refractivity contribution < 1.29 is 28.2 Å². The molecular formula is C27H23ClFN3O5. The maximum Gasteiger partial charge on any atom is 0.283 e. The van der Waals surface area contributed by atoms with Gasteiger partial charge in [0.15, 0.2) is 11.5 Å². The third kappa shape index (κ3) is 5.41. The summed E-state index contributed by atoms with van der Waals surface area (Å²) in [6, 6.07) is 17.3. The van der Waals surface area contributed by atoms with Crippen molar-refractivity contribution in [3.8, 4) is 11.5 Å². The van der Waals surface area contributed by atoms with E-state index in [-0.39, 0.29) is 22.3 Å². The summed E-state index contributed by atoms with van der Waals surface area (Å²) >= 11 is 6.10. The SMILES string of the molecule is COc1ccc(CCNC(=O)c2ccc(NC3=C(Cl)C(=O)N(c4ccccc4F)C3=O)cc2)cc1OC. The van der Waals surface area contributed by atoms with Gasteiger partial charge in [0.2, 0.25) is 0 Å². The largest absolute Gasteiger partial charge is 0.493 e. The van der Waals surface area contributed by atoms with Crippen LogP contribution in [0.3, 0.4) is 0 Å². The third-order valence-corrected chi connectivity index (χ3v) is 6.03. The molecule has 0 saturated carbocycles. The molecule has 0 aromatic heterocycles. The van der Waals surface area contributed by atoms with Crippen LogP contribution in [0.25, 0.3) is 0 Å². The summed E-state index contributed by atoms with van der Waals surface area (Å²) in [5.41, 5.74) is 1.43. The molecule has 0 aliphatic carbocycles. The van der Waals surface area contributed by atoms with Gasteiger partial charge >= 0.3 is 0 Å². The lowest BCUT2D eigenvalue weighted by molar-refractivity contribution is -0.120. The van der Waals surface area contributed by atoms with E-state index < -0.39 is 17.6 Å². The first-order valence-corrected chi connectivity index (χ1v) is 11.6. The van der Waals surface area contributed by atoms with E-state index >= 15 is 0 Å². The van der Waals surface area contributed by atoms with Crippen LogP contribution in [-0.2, 0) is 16.0 Å². The zero-order chi connectivity index (χ0) is 26.5. The van der Waals surface area contributed by atoms with Gasteiger partial charge in [-0.3, -0.25) is 14.4 Å². The summed E-state index contributed by atoms with van der Waals surface area (Å²) in [5.74, 6) is -1.37. The second kappa shape index (κ2) is 11.1. The van der Waals surface area contributed by atoms with Crippen molar-refractivity contribution in [3.63, 3.8) is 0 Å². The number of hydrogen-bond donors (Lipinski definition) is 2. The first-order valence-electron chi connectivity index (χ1n) is 11.2. The quantitative estimate of drug-likeness (QED) is 0.407. The minimum Gasteiger partial charge on any atom is -0.493 e. The fourth-order valence-electron chi connectivity index (χ4n) is 3.77. The van der Waals surface area contributed by atoms with Gasteiger partial charge in [0.1, 0.15) is 16.5 Å². The van der Waals surface area contributed by atoms with E-state index in [1.165, 1.54) is 18.2 Å². The summed E-state index contributed by atoms with van der Waals surface area (Å²) in [6.07, 6.45) is 0.590. The molecule has 1 aliphatic rings. The maximum atomic E-state index is 14.2. The summed E-state index contributed by atoms with van der Waals surface area (Å²) in [7, 11) is 3.13. The molecule has 8 nitrogen and oxygen atoms in total. The zero-order valence-electron chi connectivity index (χ0n) is 20.0. The Labute approximate surface area is 217 Å². The highest BCUT2D eigenvalue weighted by atomic mass is 35.5. The number of imide groups is 1. The molecule has 0 spiro atoms. The van der Waals surface area contributed by atoms with Crippen molar-refractivity contribution in [2.45, 2.75) is 6.42 Å². The molecule has 190 valence electrons. The van der Waals surface area contributed by atoms with Crippen molar-refractivity contribution in [2.75, 3.05) is 31.0 Å². The van der Waals surface area contributed by atoms with Gasteiger partial charge in [-0.05, 0) is 60.5 Å². The minimum atomic E-state index is -0.829. The van der Waals surface area contributed by atoms with Crippen LogP contribution in [0.15, 0.2) is 77.5 Å². The van der Waals surface area contributed by atoms with E-state index in [1.807, 2.05) is 18.2 Å². The van der Waals surface area contributed by atoms with E-state index in [2.05, 4.69) is 10.6 Å². The van der Waals surface area contributed by atoms with E-state index in [4.69, 9.17) is 21.1 Å². The van der Waals surface area contributed by atoms with Crippen molar-refractivity contribution in [1.82, 2.24) is 5.32 Å². The molecule has 3 amide bonds. The Morgan fingerprint density at radius 1 is 0.946 bits per heavy atom. The monoisotopic (exact) mass is 523 g/mol. The Balaban J connectivity index is 1.37. The standard InChI is InChI=1S/C27H23ClFN3O5/c1-36-21-12-7-16(15-22(21)37-2)13-14-30-25(33)17-8-10-18(11-9-17)31-24-23(28)26(34)32(27(24)35)20-6-4-3-5-19(20)29/h3-12,15,31H,13-14H2,1-2H3,(H,30,33). The van der Waals surface area contributed by atoms with Gasteiger partial charge in [0.25, 0.3) is 17.7 Å². The van der Waals surface area contributed by atoms with Crippen LogP contribution in [0.5, 0.6) is 11.5 Å². The van der Waals surface area contributed by atoms with E-state index in [0.29, 0.717) is 40.6 Å². The smallest absolute Gasteiger partial charge is 0.283 e. The van der Waals surface area contributed by atoms with Crippen LogP contribution in [0, 0.1) is 5.82 Å². The van der Waals surface area contributed by atoms with Crippen molar-refractivity contribution in [2.24, 2.45) is 0 Å². The van der Waals surface area contributed by atoms with Crippen molar-refractivity contribution >= 4 is 40.7 Å². The zero-order valence-corrected chi connectivity index (χ0v) is 20.8. The number of amides is 3. The van der Waals surface area contributed by atoms with Gasteiger partial charge in [-0.1, -0.05) is 29.8 Å². The molecule has 0 saturated heterocycles. The average molecular weight is 524 g/mol. The number of anilines is 2. The minimum absolute atomic E-state index is 0.179. The van der Waals surface area contributed by atoms with Gasteiger partial charge < -0.3 is 20.1 Å². The lowest BCUT2D eigenvalue weighted by atomic mass is 10.1. The molecule has 0 unspecified atom stereocenters. The topological polar surface area (TPSA) is 97.0 Å². The van der Waals surface area contributed by atoms with Gasteiger partial charge in [-0.2, -0.15) is 0 Å². The number of para-hydroxylation sites is 1. The highest BCUT2D eigenvalue weighted by Gasteiger charge is 2.40. The van der Waals surface area contributed by atoms with Crippen LogP contribution in [0.1, 0.15) is 15.9 Å². The Kier molecular flexibility index (Phi) is 7.74. The number of rotatable bonds is 9. The molecule has 0 bridgehead atoms. The van der Waals surface area contributed by atoms with Gasteiger partial charge in [-0.15, -0.1) is 0 Å². The number of hydrogen-bond acceptors (Lipinski definition) is 6. The van der Waals surface area contributed by atoms with Gasteiger partial charge in [0, 0.05) is 17.8 Å². The number of methoxy groups -OCH3 is 2. The molecule has 0 radical (unpaired) electrons. The molecule has 3 aromatic rings. The molecule has 1 heterocycles. The Morgan fingerprint density at radius 2 is 1.65 bits per heavy atom. The van der Waals surface area contributed by atoms with Crippen LogP contribution in [-0.4, -0.2) is 38.5 Å². The third-order valence-electron chi connectivity index (χ3n) is 5.68. The fraction of sp³-hybridized carbons (Fsp3) is 0.148. The summed E-state index contributed by atoms with van der Waals surface area (Å²) in [5, 5.41) is 5.30. The second-order valence-corrected chi connectivity index (χ2v) is 8.36. The Hall–Kier alpha value is -4.37.